The van der Waals surface area contributed by atoms with Crippen molar-refractivity contribution in [1.29, 1.82) is 5.26 Å². The number of fused-ring (bicyclic) bond motifs is 1. The fourth-order valence-corrected chi connectivity index (χ4v) is 2.22. The Balaban J connectivity index is 2.23. The summed E-state index contributed by atoms with van der Waals surface area (Å²) in [6.45, 7) is 6.22. The first-order valence-corrected chi connectivity index (χ1v) is 6.42. The normalized spacial score (nSPS) is 14.4. The van der Waals surface area contributed by atoms with Gasteiger partial charge in [0.15, 0.2) is 6.29 Å². The maximum atomic E-state index is 12.0. The third kappa shape index (κ3) is 2.67. The Morgan fingerprint density at radius 2 is 2.20 bits per heavy atom. The van der Waals surface area contributed by atoms with Crippen LogP contribution in [0.15, 0.2) is 0 Å². The molecule has 106 valence electrons. The minimum absolute atomic E-state index is 0.281. The molecule has 0 fully saturated rings. The highest BCUT2D eigenvalue weighted by atomic mass is 16.6. The van der Waals surface area contributed by atoms with Crippen LogP contribution in [0.4, 0.5) is 4.79 Å². The van der Waals surface area contributed by atoms with E-state index < -0.39 is 11.7 Å². The number of carbonyl (C=O) groups excluding carboxylic acids is 2. The molecule has 1 aromatic heterocycles. The van der Waals surface area contributed by atoms with Gasteiger partial charge in [-0.3, -0.25) is 4.79 Å². The molecule has 0 saturated carbocycles. The molecule has 6 nitrogen and oxygen atoms in total. The van der Waals surface area contributed by atoms with Gasteiger partial charge >= 0.3 is 6.09 Å². The van der Waals surface area contributed by atoms with Crippen molar-refractivity contribution in [1.82, 2.24) is 9.88 Å². The summed E-state index contributed by atoms with van der Waals surface area (Å²) in [6, 6.07) is 2.02. The van der Waals surface area contributed by atoms with Gasteiger partial charge in [0.2, 0.25) is 0 Å². The first-order valence-electron chi connectivity index (χ1n) is 6.42. The standard InChI is InChI=1S/C14H17N3O3/c1-14(2,3)20-13(19)17-5-4-11-10(7-17)9(6-15)12(8-18)16-11/h8,16H,4-5,7H2,1-3H3. The Morgan fingerprint density at radius 1 is 1.50 bits per heavy atom. The lowest BCUT2D eigenvalue weighted by Crippen LogP contribution is -2.39. The van der Waals surface area contributed by atoms with Gasteiger partial charge in [-0.05, 0) is 20.8 Å². The first kappa shape index (κ1) is 14.1. The monoisotopic (exact) mass is 275 g/mol. The van der Waals surface area contributed by atoms with E-state index in [2.05, 4.69) is 4.98 Å². The van der Waals surface area contributed by atoms with Gasteiger partial charge in [-0.1, -0.05) is 0 Å². The molecule has 0 saturated heterocycles. The number of amides is 1. The molecule has 1 aliphatic heterocycles. The number of aldehydes is 1. The van der Waals surface area contributed by atoms with Crippen molar-refractivity contribution < 1.29 is 14.3 Å². The zero-order chi connectivity index (χ0) is 14.9. The summed E-state index contributed by atoms with van der Waals surface area (Å²) in [7, 11) is 0. The Morgan fingerprint density at radius 3 is 2.75 bits per heavy atom. The van der Waals surface area contributed by atoms with E-state index in [1.54, 1.807) is 4.90 Å². The molecule has 0 aliphatic carbocycles. The maximum Gasteiger partial charge on any atom is 0.410 e. The number of carbonyl (C=O) groups is 2. The van der Waals surface area contributed by atoms with Crippen LogP contribution in [0.25, 0.3) is 0 Å². The minimum Gasteiger partial charge on any atom is -0.444 e. The smallest absolute Gasteiger partial charge is 0.410 e. The van der Waals surface area contributed by atoms with Gasteiger partial charge in [-0.2, -0.15) is 5.26 Å². The number of ether oxygens (including phenoxy) is 1. The van der Waals surface area contributed by atoms with Crippen LogP contribution in [0.5, 0.6) is 0 Å². The number of hydrogen-bond donors (Lipinski definition) is 1. The molecule has 0 bridgehead atoms. The van der Waals surface area contributed by atoms with Crippen LogP contribution in [0, 0.1) is 11.3 Å². The number of aromatic amines is 1. The van der Waals surface area contributed by atoms with Crippen molar-refractivity contribution in [3.8, 4) is 6.07 Å². The lowest BCUT2D eigenvalue weighted by atomic mass is 10.0. The summed E-state index contributed by atoms with van der Waals surface area (Å²) in [6.07, 6.45) is 0.812. The fraction of sp³-hybridized carbons (Fsp3) is 0.500. The highest BCUT2D eigenvalue weighted by molar-refractivity contribution is 5.79. The van der Waals surface area contributed by atoms with E-state index in [1.165, 1.54) is 0 Å². The van der Waals surface area contributed by atoms with Crippen molar-refractivity contribution in [3.05, 3.63) is 22.5 Å². The highest BCUT2D eigenvalue weighted by Gasteiger charge is 2.29. The SMILES string of the molecule is CC(C)(C)OC(=O)N1CCc2[nH]c(C=O)c(C#N)c2C1. The highest BCUT2D eigenvalue weighted by Crippen LogP contribution is 2.25. The van der Waals surface area contributed by atoms with Crippen LogP contribution in [-0.2, 0) is 17.7 Å². The van der Waals surface area contributed by atoms with E-state index in [9.17, 15) is 9.59 Å². The largest absolute Gasteiger partial charge is 0.444 e. The maximum absolute atomic E-state index is 12.0. The molecule has 1 aliphatic rings. The second kappa shape index (κ2) is 5.00. The lowest BCUT2D eigenvalue weighted by Gasteiger charge is -2.30. The van der Waals surface area contributed by atoms with Crippen molar-refractivity contribution in [2.24, 2.45) is 0 Å². The number of aromatic nitrogens is 1. The molecular weight excluding hydrogens is 258 g/mol. The Kier molecular flexibility index (Phi) is 3.53. The van der Waals surface area contributed by atoms with Crippen molar-refractivity contribution in [3.63, 3.8) is 0 Å². The van der Waals surface area contributed by atoms with Crippen LogP contribution in [0.1, 0.15) is 48.1 Å². The molecule has 0 atom stereocenters. The van der Waals surface area contributed by atoms with Crippen molar-refractivity contribution in [2.45, 2.75) is 39.3 Å². The lowest BCUT2D eigenvalue weighted by molar-refractivity contribution is 0.0223. The van der Waals surface area contributed by atoms with Crippen molar-refractivity contribution in [2.75, 3.05) is 6.54 Å². The van der Waals surface area contributed by atoms with Gasteiger partial charge in [0.1, 0.15) is 11.7 Å². The van der Waals surface area contributed by atoms with Gasteiger partial charge in [0.05, 0.1) is 17.8 Å². The fourth-order valence-electron chi connectivity index (χ4n) is 2.22. The summed E-state index contributed by atoms with van der Waals surface area (Å²) in [5.74, 6) is 0. The molecule has 0 aromatic carbocycles. The van der Waals surface area contributed by atoms with Crippen LogP contribution < -0.4 is 0 Å². The van der Waals surface area contributed by atoms with Gasteiger partial charge < -0.3 is 14.6 Å². The van der Waals surface area contributed by atoms with Crippen LogP contribution in [0.3, 0.4) is 0 Å². The van der Waals surface area contributed by atoms with Gasteiger partial charge in [0.25, 0.3) is 0 Å². The zero-order valence-corrected chi connectivity index (χ0v) is 11.8. The number of nitrogens with one attached hydrogen (secondary N) is 1. The summed E-state index contributed by atoms with van der Waals surface area (Å²) < 4.78 is 5.32. The van der Waals surface area contributed by atoms with E-state index in [1.807, 2.05) is 26.8 Å². The van der Waals surface area contributed by atoms with E-state index in [4.69, 9.17) is 10.00 Å². The topological polar surface area (TPSA) is 86.2 Å². The predicted molar refractivity (Wildman–Crippen MR) is 71.2 cm³/mol. The molecule has 20 heavy (non-hydrogen) atoms. The average Bonchev–Trinajstić information content (AvgIpc) is 2.73. The second-order valence-corrected chi connectivity index (χ2v) is 5.75. The zero-order valence-electron chi connectivity index (χ0n) is 11.8. The third-order valence-electron chi connectivity index (χ3n) is 3.08. The van der Waals surface area contributed by atoms with Crippen LogP contribution in [0.2, 0.25) is 0 Å². The molecule has 0 spiro atoms. The van der Waals surface area contributed by atoms with Gasteiger partial charge in [0, 0.05) is 24.2 Å². The minimum atomic E-state index is -0.554. The molecule has 2 heterocycles. The van der Waals surface area contributed by atoms with E-state index in [0.717, 1.165) is 5.69 Å². The van der Waals surface area contributed by atoms with Crippen molar-refractivity contribution >= 4 is 12.4 Å². The van der Waals surface area contributed by atoms with Crippen LogP contribution in [-0.4, -0.2) is 34.4 Å². The molecule has 0 unspecified atom stereocenters. The van der Waals surface area contributed by atoms with Crippen LogP contribution >= 0.6 is 0 Å². The van der Waals surface area contributed by atoms with E-state index in [-0.39, 0.29) is 12.2 Å². The molecule has 1 aromatic rings. The van der Waals surface area contributed by atoms with Gasteiger partial charge in [-0.15, -0.1) is 0 Å². The number of rotatable bonds is 1. The number of H-pyrrole nitrogens is 1. The molecule has 6 heteroatoms. The number of nitriles is 1. The summed E-state index contributed by atoms with van der Waals surface area (Å²) in [5, 5.41) is 9.14. The second-order valence-electron chi connectivity index (χ2n) is 5.75. The number of hydrogen-bond acceptors (Lipinski definition) is 4. The Bertz CT molecular complexity index is 590. The van der Waals surface area contributed by atoms with E-state index in [0.29, 0.717) is 30.4 Å². The quantitative estimate of drug-likeness (QED) is 0.794. The molecule has 1 N–H and O–H groups in total. The van der Waals surface area contributed by atoms with Gasteiger partial charge in [-0.25, -0.2) is 4.79 Å². The summed E-state index contributed by atoms with van der Waals surface area (Å²) >= 11 is 0. The summed E-state index contributed by atoms with van der Waals surface area (Å²) in [4.78, 5) is 27.5. The summed E-state index contributed by atoms with van der Waals surface area (Å²) in [5.41, 5.74) is 1.61. The first-order chi connectivity index (χ1) is 9.35. The average molecular weight is 275 g/mol. The molecule has 1 amide bonds. The Labute approximate surface area is 117 Å². The third-order valence-corrected chi connectivity index (χ3v) is 3.08. The van der Waals surface area contributed by atoms with E-state index >= 15 is 0 Å². The molecule has 0 radical (unpaired) electrons. The predicted octanol–water partition coefficient (Wildman–Crippen LogP) is 1.99. The molecule has 2 rings (SSSR count). The number of nitrogens with zero attached hydrogens (tertiary/aromatic N) is 2. The molecular formula is C14H17N3O3. The Hall–Kier alpha value is -2.29.